The van der Waals surface area contributed by atoms with Crippen LogP contribution in [0.2, 0.25) is 0 Å². The molecule has 0 aliphatic carbocycles. The van der Waals surface area contributed by atoms with Crippen LogP contribution in [0.1, 0.15) is 51.7 Å². The van der Waals surface area contributed by atoms with E-state index in [-0.39, 0.29) is 6.04 Å². The molecule has 0 bridgehead atoms. The van der Waals surface area contributed by atoms with Crippen molar-refractivity contribution in [3.63, 3.8) is 0 Å². The second kappa shape index (κ2) is 8.74. The lowest BCUT2D eigenvalue weighted by molar-refractivity contribution is -0.0191. The Kier molecular flexibility index (Phi) is 5.41. The van der Waals surface area contributed by atoms with Crippen molar-refractivity contribution in [1.29, 1.82) is 0 Å². The molecular formula is C28H21BrN2O4. The highest BCUT2D eigenvalue weighted by Crippen LogP contribution is 2.48. The summed E-state index contributed by atoms with van der Waals surface area (Å²) in [5.74, 6) is 2.52. The summed E-state index contributed by atoms with van der Waals surface area (Å²) in [5, 5.41) is 6.91. The van der Waals surface area contributed by atoms with Crippen molar-refractivity contribution in [2.24, 2.45) is 5.10 Å². The van der Waals surface area contributed by atoms with Crippen molar-refractivity contribution in [1.82, 2.24) is 5.01 Å². The number of furan rings is 1. The zero-order valence-corrected chi connectivity index (χ0v) is 20.4. The number of hydrazone groups is 1. The molecule has 3 heterocycles. The number of aryl methyl sites for hydroxylation is 1. The quantitative estimate of drug-likeness (QED) is 0.215. The highest BCUT2D eigenvalue weighted by molar-refractivity contribution is 9.10. The smallest absolute Gasteiger partial charge is 0.343 e. The van der Waals surface area contributed by atoms with E-state index in [0.717, 1.165) is 38.6 Å². The van der Waals surface area contributed by atoms with E-state index >= 15 is 0 Å². The van der Waals surface area contributed by atoms with Gasteiger partial charge >= 0.3 is 5.97 Å². The Balaban J connectivity index is 1.30. The molecule has 7 heteroatoms. The van der Waals surface area contributed by atoms with Gasteiger partial charge in [-0.3, -0.25) is 0 Å². The monoisotopic (exact) mass is 528 g/mol. The lowest BCUT2D eigenvalue weighted by Crippen LogP contribution is -2.33. The first-order valence-corrected chi connectivity index (χ1v) is 12.1. The van der Waals surface area contributed by atoms with Crippen LogP contribution in [0.25, 0.3) is 0 Å². The molecule has 3 aromatic carbocycles. The summed E-state index contributed by atoms with van der Waals surface area (Å²) in [4.78, 5) is 12.4. The van der Waals surface area contributed by atoms with Gasteiger partial charge in [0.15, 0.2) is 0 Å². The molecule has 2 aliphatic rings. The summed E-state index contributed by atoms with van der Waals surface area (Å²) < 4.78 is 18.8. The van der Waals surface area contributed by atoms with Crippen LogP contribution in [0.15, 0.2) is 98.9 Å². The van der Waals surface area contributed by atoms with E-state index in [1.54, 1.807) is 24.3 Å². The number of hydrogen-bond donors (Lipinski definition) is 0. The van der Waals surface area contributed by atoms with E-state index in [9.17, 15) is 4.79 Å². The Labute approximate surface area is 210 Å². The van der Waals surface area contributed by atoms with Crippen molar-refractivity contribution < 1.29 is 18.7 Å². The first-order valence-electron chi connectivity index (χ1n) is 11.3. The van der Waals surface area contributed by atoms with Gasteiger partial charge in [-0.25, -0.2) is 9.80 Å². The summed E-state index contributed by atoms with van der Waals surface area (Å²) >= 11 is 3.58. The van der Waals surface area contributed by atoms with Crippen LogP contribution in [-0.2, 0) is 0 Å². The molecule has 174 valence electrons. The highest BCUT2D eigenvalue weighted by atomic mass is 79.9. The fourth-order valence-electron chi connectivity index (χ4n) is 4.46. The summed E-state index contributed by atoms with van der Waals surface area (Å²) in [6.45, 7) is 1.93. The minimum atomic E-state index is -0.430. The van der Waals surface area contributed by atoms with Crippen LogP contribution in [0.3, 0.4) is 0 Å². The number of carbonyl (C=O) groups excluding carboxylic acids is 1. The van der Waals surface area contributed by atoms with Crippen LogP contribution in [0, 0.1) is 6.92 Å². The molecule has 6 rings (SSSR count). The Bertz CT molecular complexity index is 1430. The summed E-state index contributed by atoms with van der Waals surface area (Å²) in [6.07, 6.45) is 0.282. The number of carbonyl (C=O) groups is 1. The highest BCUT2D eigenvalue weighted by Gasteiger charge is 2.41. The van der Waals surface area contributed by atoms with Gasteiger partial charge in [-0.2, -0.15) is 5.10 Å². The minimum Gasteiger partial charge on any atom is -0.464 e. The third-order valence-electron chi connectivity index (χ3n) is 6.16. The first kappa shape index (κ1) is 21.7. The van der Waals surface area contributed by atoms with E-state index in [0.29, 0.717) is 17.7 Å². The second-order valence-corrected chi connectivity index (χ2v) is 9.45. The predicted molar refractivity (Wildman–Crippen MR) is 135 cm³/mol. The molecule has 0 amide bonds. The largest absolute Gasteiger partial charge is 0.464 e. The molecule has 0 saturated carbocycles. The van der Waals surface area contributed by atoms with Crippen molar-refractivity contribution in [2.45, 2.75) is 25.6 Å². The number of rotatable bonds is 4. The van der Waals surface area contributed by atoms with Gasteiger partial charge < -0.3 is 13.9 Å². The fourth-order valence-corrected chi connectivity index (χ4v) is 4.84. The number of esters is 1. The number of nitrogens with zero attached hydrogens (tertiary/aromatic N) is 2. The van der Waals surface area contributed by atoms with Crippen molar-refractivity contribution in [3.05, 3.63) is 118 Å². The second-order valence-electron chi connectivity index (χ2n) is 8.53. The molecule has 1 aromatic heterocycles. The van der Waals surface area contributed by atoms with Gasteiger partial charge in [-0.15, -0.1) is 0 Å². The molecule has 2 atom stereocenters. The van der Waals surface area contributed by atoms with Gasteiger partial charge in [-0.05, 0) is 73.7 Å². The molecule has 4 aromatic rings. The van der Waals surface area contributed by atoms with Gasteiger partial charge in [0.1, 0.15) is 28.7 Å². The number of halogens is 1. The molecule has 0 fully saturated rings. The lowest BCUT2D eigenvalue weighted by atomic mass is 9.97. The van der Waals surface area contributed by atoms with Gasteiger partial charge in [0, 0.05) is 22.0 Å². The molecule has 2 aliphatic heterocycles. The standard InChI is InChI=1S/C28H21BrN2O4/c1-17-7-13-26(33-17)23-16-24-22-15-20(29)10-14-25(22)35-27(31(24)30-23)18-8-11-21(12-9-18)34-28(32)19-5-3-2-4-6-19/h2-15,24,27H,16H2,1H3/t24-,27-/m0/s1. The molecule has 0 saturated heterocycles. The number of hydrogen-bond acceptors (Lipinski definition) is 6. The van der Waals surface area contributed by atoms with Crippen LogP contribution in [0.4, 0.5) is 0 Å². The average Bonchev–Trinajstić information content (AvgIpc) is 3.51. The maximum atomic E-state index is 12.4. The van der Waals surface area contributed by atoms with Gasteiger partial charge in [0.05, 0.1) is 11.6 Å². The summed E-state index contributed by atoms with van der Waals surface area (Å²) in [5.41, 5.74) is 3.37. The zero-order valence-electron chi connectivity index (χ0n) is 18.9. The number of ether oxygens (including phenoxy) is 2. The van der Waals surface area contributed by atoms with Crippen LogP contribution >= 0.6 is 15.9 Å². The van der Waals surface area contributed by atoms with Crippen molar-refractivity contribution in [2.75, 3.05) is 0 Å². The summed E-state index contributed by atoms with van der Waals surface area (Å²) in [6, 6.07) is 26.3. The van der Waals surface area contributed by atoms with E-state index in [2.05, 4.69) is 22.0 Å². The van der Waals surface area contributed by atoms with Crippen LogP contribution in [0.5, 0.6) is 11.5 Å². The molecular weight excluding hydrogens is 508 g/mol. The van der Waals surface area contributed by atoms with Gasteiger partial charge in [0.2, 0.25) is 6.23 Å². The third kappa shape index (κ3) is 4.12. The lowest BCUT2D eigenvalue weighted by Gasteiger charge is -2.38. The third-order valence-corrected chi connectivity index (χ3v) is 6.66. The Morgan fingerprint density at radius 2 is 1.83 bits per heavy atom. The minimum absolute atomic E-state index is 0.0113. The van der Waals surface area contributed by atoms with E-state index < -0.39 is 12.2 Å². The fraction of sp³-hybridized carbons (Fsp3) is 0.143. The topological polar surface area (TPSA) is 64.3 Å². The van der Waals surface area contributed by atoms with Crippen molar-refractivity contribution in [3.8, 4) is 11.5 Å². The normalized spacial score (nSPS) is 18.3. The molecule has 0 radical (unpaired) electrons. The SMILES string of the molecule is Cc1ccc(C2=NN3[C@@H](C2)c2cc(Br)ccc2O[C@H]3c2ccc(OC(=O)c3ccccc3)cc2)o1. The molecule has 6 nitrogen and oxygen atoms in total. The van der Waals surface area contributed by atoms with Crippen molar-refractivity contribution >= 4 is 27.6 Å². The van der Waals surface area contributed by atoms with Crippen LogP contribution in [-0.4, -0.2) is 16.7 Å². The summed E-state index contributed by atoms with van der Waals surface area (Å²) in [7, 11) is 0. The average molecular weight is 529 g/mol. The van der Waals surface area contributed by atoms with Crippen LogP contribution < -0.4 is 9.47 Å². The van der Waals surface area contributed by atoms with E-state index in [1.165, 1.54) is 0 Å². The van der Waals surface area contributed by atoms with Gasteiger partial charge in [0.25, 0.3) is 0 Å². The molecule has 35 heavy (non-hydrogen) atoms. The van der Waals surface area contributed by atoms with Gasteiger partial charge in [-0.1, -0.05) is 34.1 Å². The maximum Gasteiger partial charge on any atom is 0.343 e. The first-order chi connectivity index (χ1) is 17.0. The Hall–Kier alpha value is -3.84. The number of benzene rings is 3. The zero-order chi connectivity index (χ0) is 23.9. The number of fused-ring (bicyclic) bond motifs is 3. The molecule has 0 unspecified atom stereocenters. The maximum absolute atomic E-state index is 12.4. The molecule has 0 N–H and O–H groups in total. The Morgan fingerprint density at radius 3 is 2.57 bits per heavy atom. The van der Waals surface area contributed by atoms with E-state index in [1.807, 2.05) is 66.5 Å². The van der Waals surface area contributed by atoms with E-state index in [4.69, 9.17) is 19.0 Å². The molecule has 0 spiro atoms. The Morgan fingerprint density at radius 1 is 1.03 bits per heavy atom. The predicted octanol–water partition coefficient (Wildman–Crippen LogP) is 6.81.